The quantitative estimate of drug-likeness (QED) is 0.705. The molecule has 1 fully saturated rings. The number of likely N-dealkylation sites (tertiary alicyclic amines) is 1. The minimum Gasteiger partial charge on any atom is -0.468 e. The lowest BCUT2D eigenvalue weighted by Gasteiger charge is -2.27. The monoisotopic (exact) mass is 321 g/mol. The van der Waals surface area contributed by atoms with Crippen LogP contribution in [0, 0.1) is 0 Å². The zero-order chi connectivity index (χ0) is 16.2. The van der Waals surface area contributed by atoms with Crippen molar-refractivity contribution in [2.45, 2.75) is 38.3 Å². The summed E-state index contributed by atoms with van der Waals surface area (Å²) >= 11 is 0. The third-order valence-electron chi connectivity index (χ3n) is 4.78. The van der Waals surface area contributed by atoms with Crippen LogP contribution >= 0.6 is 0 Å². The summed E-state index contributed by atoms with van der Waals surface area (Å²) < 4.78 is 7.66. The zero-order valence-electron chi connectivity index (χ0n) is 13.8. The normalized spacial score (nSPS) is 19.2. The highest BCUT2D eigenvalue weighted by molar-refractivity contribution is 5.30. The molecule has 0 N–H and O–H groups in total. The van der Waals surface area contributed by atoms with Gasteiger partial charge >= 0.3 is 0 Å². The molecule has 3 aromatic rings. The van der Waals surface area contributed by atoms with Crippen molar-refractivity contribution in [1.82, 2.24) is 14.7 Å². The predicted molar refractivity (Wildman–Crippen MR) is 93.9 cm³/mol. The maximum Gasteiger partial charge on any atom is 0.120 e. The van der Waals surface area contributed by atoms with Gasteiger partial charge in [0.1, 0.15) is 5.76 Å². The Morgan fingerprint density at radius 2 is 1.96 bits per heavy atom. The van der Waals surface area contributed by atoms with Crippen LogP contribution in [-0.4, -0.2) is 21.2 Å². The van der Waals surface area contributed by atoms with Crippen molar-refractivity contribution in [2.24, 2.45) is 0 Å². The van der Waals surface area contributed by atoms with Gasteiger partial charge in [0, 0.05) is 18.3 Å². The topological polar surface area (TPSA) is 34.2 Å². The van der Waals surface area contributed by atoms with Gasteiger partial charge < -0.3 is 4.42 Å². The minimum atomic E-state index is 0.377. The fourth-order valence-electron chi connectivity index (χ4n) is 3.56. The van der Waals surface area contributed by atoms with Gasteiger partial charge in [-0.25, -0.2) is 4.68 Å². The van der Waals surface area contributed by atoms with E-state index in [-0.39, 0.29) is 0 Å². The summed E-state index contributed by atoms with van der Waals surface area (Å²) in [6.45, 7) is 2.03. The van der Waals surface area contributed by atoms with Crippen molar-refractivity contribution >= 4 is 0 Å². The summed E-state index contributed by atoms with van der Waals surface area (Å²) in [5.41, 5.74) is 2.35. The molecule has 4 nitrogen and oxygen atoms in total. The maximum absolute atomic E-state index is 5.71. The van der Waals surface area contributed by atoms with Crippen LogP contribution in [0.1, 0.15) is 43.0 Å². The van der Waals surface area contributed by atoms with E-state index in [4.69, 9.17) is 4.42 Å². The molecule has 3 heterocycles. The van der Waals surface area contributed by atoms with E-state index in [0.717, 1.165) is 24.5 Å². The Balaban J connectivity index is 1.53. The Morgan fingerprint density at radius 1 is 1.04 bits per heavy atom. The first-order valence-electron chi connectivity index (χ1n) is 8.76. The molecule has 0 aliphatic carbocycles. The number of nitrogens with zero attached hydrogens (tertiary/aromatic N) is 3. The van der Waals surface area contributed by atoms with Gasteiger partial charge in [-0.3, -0.25) is 4.90 Å². The molecular formula is C20H23N3O. The second-order valence-electron chi connectivity index (χ2n) is 6.48. The van der Waals surface area contributed by atoms with Crippen LogP contribution < -0.4 is 0 Å². The van der Waals surface area contributed by atoms with Gasteiger partial charge in [-0.2, -0.15) is 5.10 Å². The molecule has 0 amide bonds. The average Bonchev–Trinajstić information content (AvgIpc) is 3.26. The third kappa shape index (κ3) is 3.29. The van der Waals surface area contributed by atoms with Crippen LogP contribution in [-0.2, 0) is 6.54 Å². The lowest BCUT2D eigenvalue weighted by Crippen LogP contribution is -2.27. The first-order chi connectivity index (χ1) is 11.9. The van der Waals surface area contributed by atoms with Crippen molar-refractivity contribution in [3.8, 4) is 5.69 Å². The predicted octanol–water partition coefficient (Wildman–Crippen LogP) is 4.58. The molecule has 0 radical (unpaired) electrons. The van der Waals surface area contributed by atoms with E-state index < -0.39 is 0 Å². The number of benzene rings is 1. The van der Waals surface area contributed by atoms with Gasteiger partial charge in [0.15, 0.2) is 0 Å². The standard InChI is InChI=1S/C20H23N3O/c1-3-8-18(9-4-1)23-16-17(14-21-23)15-22-12-6-2-5-10-19(22)20-11-7-13-24-20/h1,3-4,7-9,11,13-14,16,19H,2,5-6,10,12,15H2. The molecule has 4 heteroatoms. The number of para-hydroxylation sites is 1. The maximum atomic E-state index is 5.71. The lowest BCUT2D eigenvalue weighted by molar-refractivity contribution is 0.169. The summed E-state index contributed by atoms with van der Waals surface area (Å²) in [5.74, 6) is 1.09. The summed E-state index contributed by atoms with van der Waals surface area (Å²) in [4.78, 5) is 2.54. The fraction of sp³-hybridized carbons (Fsp3) is 0.350. The Kier molecular flexibility index (Phi) is 4.47. The second kappa shape index (κ2) is 7.05. The first kappa shape index (κ1) is 15.2. The number of aromatic nitrogens is 2. The molecule has 1 atom stereocenters. The molecule has 1 aliphatic heterocycles. The molecule has 1 saturated heterocycles. The van der Waals surface area contributed by atoms with Crippen LogP contribution in [0.5, 0.6) is 0 Å². The highest BCUT2D eigenvalue weighted by Gasteiger charge is 2.25. The summed E-state index contributed by atoms with van der Waals surface area (Å²) in [5, 5.41) is 4.53. The van der Waals surface area contributed by atoms with Crippen LogP contribution in [0.25, 0.3) is 5.69 Å². The Hall–Kier alpha value is -2.33. The first-order valence-corrected chi connectivity index (χ1v) is 8.76. The summed E-state index contributed by atoms with van der Waals surface area (Å²) in [7, 11) is 0. The fourth-order valence-corrected chi connectivity index (χ4v) is 3.56. The van der Waals surface area contributed by atoms with Gasteiger partial charge in [0.2, 0.25) is 0 Å². The van der Waals surface area contributed by atoms with Crippen LogP contribution in [0.15, 0.2) is 65.5 Å². The molecule has 124 valence electrons. The van der Waals surface area contributed by atoms with E-state index in [9.17, 15) is 0 Å². The minimum absolute atomic E-state index is 0.377. The Morgan fingerprint density at radius 3 is 2.79 bits per heavy atom. The van der Waals surface area contributed by atoms with Crippen molar-refractivity contribution < 1.29 is 4.42 Å². The molecule has 0 bridgehead atoms. The SMILES string of the molecule is c1ccc(-n2cc(CN3CCCCCC3c3ccco3)cn2)cc1. The molecule has 0 saturated carbocycles. The van der Waals surface area contributed by atoms with Crippen molar-refractivity contribution in [1.29, 1.82) is 0 Å². The molecule has 0 spiro atoms. The Bertz CT molecular complexity index is 748. The molecular weight excluding hydrogens is 298 g/mol. The van der Waals surface area contributed by atoms with E-state index >= 15 is 0 Å². The summed E-state index contributed by atoms with van der Waals surface area (Å²) in [6.07, 6.45) is 10.9. The molecule has 1 unspecified atom stereocenters. The van der Waals surface area contributed by atoms with E-state index in [0.29, 0.717) is 6.04 Å². The van der Waals surface area contributed by atoms with Crippen LogP contribution in [0.4, 0.5) is 0 Å². The smallest absolute Gasteiger partial charge is 0.120 e. The number of hydrogen-bond acceptors (Lipinski definition) is 3. The van der Waals surface area contributed by atoms with E-state index in [1.807, 2.05) is 35.1 Å². The van der Waals surface area contributed by atoms with E-state index in [1.165, 1.54) is 31.2 Å². The van der Waals surface area contributed by atoms with Gasteiger partial charge in [-0.15, -0.1) is 0 Å². The highest BCUT2D eigenvalue weighted by Crippen LogP contribution is 2.31. The van der Waals surface area contributed by atoms with E-state index in [1.54, 1.807) is 6.26 Å². The molecule has 1 aliphatic rings. The number of furan rings is 1. The molecule has 24 heavy (non-hydrogen) atoms. The van der Waals surface area contributed by atoms with Crippen LogP contribution in [0.2, 0.25) is 0 Å². The molecule has 2 aromatic heterocycles. The third-order valence-corrected chi connectivity index (χ3v) is 4.78. The molecule has 1 aromatic carbocycles. The van der Waals surface area contributed by atoms with Crippen molar-refractivity contribution in [2.75, 3.05) is 6.54 Å². The van der Waals surface area contributed by atoms with Gasteiger partial charge in [-0.05, 0) is 43.7 Å². The average molecular weight is 321 g/mol. The van der Waals surface area contributed by atoms with E-state index in [2.05, 4.69) is 34.4 Å². The highest BCUT2D eigenvalue weighted by atomic mass is 16.3. The lowest BCUT2D eigenvalue weighted by atomic mass is 10.1. The second-order valence-corrected chi connectivity index (χ2v) is 6.48. The van der Waals surface area contributed by atoms with Gasteiger partial charge in [0.25, 0.3) is 0 Å². The van der Waals surface area contributed by atoms with Crippen LogP contribution in [0.3, 0.4) is 0 Å². The number of rotatable bonds is 4. The number of hydrogen-bond donors (Lipinski definition) is 0. The van der Waals surface area contributed by atoms with Gasteiger partial charge in [0.05, 0.1) is 24.2 Å². The Labute approximate surface area is 142 Å². The zero-order valence-corrected chi connectivity index (χ0v) is 13.8. The largest absolute Gasteiger partial charge is 0.468 e. The molecule has 4 rings (SSSR count). The van der Waals surface area contributed by atoms with Gasteiger partial charge in [-0.1, -0.05) is 31.0 Å². The van der Waals surface area contributed by atoms with Crippen molar-refractivity contribution in [3.05, 3.63) is 72.4 Å². The van der Waals surface area contributed by atoms with Crippen molar-refractivity contribution in [3.63, 3.8) is 0 Å². The summed E-state index contributed by atoms with van der Waals surface area (Å²) in [6, 6.07) is 14.7.